The zero-order valence-electron chi connectivity index (χ0n) is 76.6. The van der Waals surface area contributed by atoms with Crippen LogP contribution >= 0.6 is 0 Å². The van der Waals surface area contributed by atoms with E-state index in [1.54, 1.807) is 0 Å². The van der Waals surface area contributed by atoms with Crippen LogP contribution in [0.4, 0.5) is 0 Å². The molecule has 44 heterocycles. The molecule has 0 radical (unpaired) electrons. The Hall–Kier alpha value is -0.780. The van der Waals surface area contributed by atoms with Crippen LogP contribution < -0.4 is 63.8 Å². The van der Waals surface area contributed by atoms with Gasteiger partial charge < -0.3 is 0 Å². The van der Waals surface area contributed by atoms with E-state index in [1.165, 1.54) is 0 Å². The number of hydrogen-bond acceptors (Lipinski definition) is 24. The Balaban J connectivity index is 0.612. The van der Waals surface area contributed by atoms with E-state index in [4.69, 9.17) is 0 Å². The number of nitrogens with one attached hydrogen (secondary N) is 12. The molecule has 12 N–H and O–H groups in total. The Kier molecular flexibility index (Phi) is 30.4. The maximum atomic E-state index is 14.6. The second kappa shape index (κ2) is 40.7. The fourth-order valence-corrected chi connectivity index (χ4v) is 44.6. The first-order valence-corrected chi connectivity index (χ1v) is 63.8. The van der Waals surface area contributed by atoms with Crippen LogP contribution in [0.2, 0.25) is 0 Å². The summed E-state index contributed by atoms with van der Waals surface area (Å²) >= 11 is 0. The van der Waals surface area contributed by atoms with Crippen LogP contribution in [0, 0.1) is 142 Å². The van der Waals surface area contributed by atoms with Crippen molar-refractivity contribution in [2.75, 3.05) is 69.0 Å². The Bertz CT molecular complexity index is 3300. The SMILES string of the molecule is O=S1(=O)CC2CCC(CC2)C2NC3NC(N2)C2CCC(CC2)CS(=O)(=O)CC2CCC(CC2)C2NC4NC(N2)C2CCC(CC2)CS(=O)(=O)CC2CCC(CC2)C2NC(NC(N2)C2CCC(CC2)CS(=O)(=O)CC2CCC(CC2)C2NC(NC(N2)C2CCC(CC2)CS(=O)(=O)CC2CCC4CC2)C2CCC(CC2)C1)C1CCC(CC1)CS(=O)(=O)CC1CCC3CC1. The molecule has 44 saturated heterocycles. The molecule has 0 aromatic carbocycles. The lowest BCUT2D eigenvalue weighted by molar-refractivity contribution is 0.0495. The van der Waals surface area contributed by atoms with Gasteiger partial charge in [0.2, 0.25) is 0 Å². The van der Waals surface area contributed by atoms with E-state index in [2.05, 4.69) is 63.8 Å². The number of hydrogen-bond donors (Lipinski definition) is 12. The molecule has 30 heteroatoms. The molecule has 24 nitrogen and oxygen atoms in total. The van der Waals surface area contributed by atoms with Gasteiger partial charge in [0.15, 0.2) is 59.0 Å². The maximum absolute atomic E-state index is 14.6. The fraction of sp³-hybridized carbons (Fsp3) is 1.00. The predicted molar refractivity (Wildman–Crippen MR) is 500 cm³/mol. The Morgan fingerprint density at radius 1 is 0.103 bits per heavy atom. The minimum absolute atomic E-state index is 0.0393. The molecular weight excluding hydrogens is 1710 g/mol. The van der Waals surface area contributed by atoms with Crippen LogP contribution in [0.1, 0.15) is 308 Å². The van der Waals surface area contributed by atoms with Crippen molar-refractivity contribution in [2.24, 2.45) is 142 Å². The second-order valence-electron chi connectivity index (χ2n) is 47.6. The zero-order chi connectivity index (χ0) is 86.7. The highest BCUT2D eigenvalue weighted by molar-refractivity contribution is 7.92. The molecule has 126 heavy (non-hydrogen) atoms. The summed E-state index contributed by atoms with van der Waals surface area (Å²) in [6.07, 6.45) is 44.2. The van der Waals surface area contributed by atoms with Gasteiger partial charge in [-0.1, -0.05) is 0 Å². The average Bonchev–Trinajstić information content (AvgIpc) is 0.801. The first-order valence-electron chi connectivity index (χ1n) is 52.9. The lowest BCUT2D eigenvalue weighted by Crippen LogP contribution is -2.72. The van der Waals surface area contributed by atoms with Crippen molar-refractivity contribution < 1.29 is 50.5 Å². The minimum Gasteiger partial charge on any atom is -0.286 e. The highest BCUT2D eigenvalue weighted by atomic mass is 32.2. The highest BCUT2D eigenvalue weighted by Crippen LogP contribution is 2.47. The van der Waals surface area contributed by atoms with E-state index in [-0.39, 0.29) is 214 Å². The summed E-state index contributed by atoms with van der Waals surface area (Å²) in [6.45, 7) is 0. The van der Waals surface area contributed by atoms with Gasteiger partial charge in [0.25, 0.3) is 0 Å². The molecule has 0 unspecified atom stereocenters. The molecule has 56 rings (SSSR count). The lowest BCUT2D eigenvalue weighted by Gasteiger charge is -2.50. The fourth-order valence-electron chi connectivity index (χ4n) is 31.1. The van der Waals surface area contributed by atoms with Crippen LogP contribution in [-0.2, 0) is 59.0 Å². The van der Waals surface area contributed by atoms with Gasteiger partial charge in [-0.05, 0) is 450 Å². The van der Waals surface area contributed by atoms with Gasteiger partial charge >= 0.3 is 0 Å². The van der Waals surface area contributed by atoms with Crippen LogP contribution in [-0.4, -0.2) is 194 Å². The zero-order valence-corrected chi connectivity index (χ0v) is 81.5. The highest BCUT2D eigenvalue weighted by Gasteiger charge is 2.50. The predicted octanol–water partition coefficient (Wildman–Crippen LogP) is 11.2. The smallest absolute Gasteiger partial charge is 0.150 e. The number of rotatable bonds is 0. The first-order chi connectivity index (χ1) is 60.5. The third-order valence-electron chi connectivity index (χ3n) is 38.5. The average molecular weight is 1870 g/mol. The topological polar surface area (TPSA) is 349 Å². The molecule has 0 spiro atoms. The van der Waals surface area contributed by atoms with E-state index >= 15 is 0 Å². The standard InChI is InChI=1S/C96H168N12O12S6/c109-121(110)49-61-1-25-73(26-2-61)85-97-86-74-29-5-63(6-30-74)51-122(111,112)53-65-13-37-79(38-14-65)91-103-93-81-41-17-69(18-42-81)57-124(115,116)55-67-9-33-77(34-10-67)89-100-88(76-27-3-62(50-121)4-28-76)101-90(102-89)78-35-11-68(12-36-78)56-125(117,118)58-70-19-43-82(44-20-70)94-104-92(80-39-15-66(16-40-80)54-123(113,114)52-64-7-31-75(32-8-64)87(98-85)99-86)106-96(108-94)84-47-23-72(24-48-84)60-126(119,120)59-71-21-45-83(46-22-71)95(105-91)107-93/h61-108H,1-60H2. The van der Waals surface area contributed by atoms with Gasteiger partial charge in [-0.15, -0.1) is 0 Å². The van der Waals surface area contributed by atoms with Crippen molar-refractivity contribution in [1.82, 2.24) is 63.8 Å². The summed E-state index contributed by atoms with van der Waals surface area (Å²) in [5, 5.41) is 49.9. The molecule has 720 valence electrons. The third-order valence-corrected chi connectivity index (χ3v) is 50.3. The van der Waals surface area contributed by atoms with Crippen molar-refractivity contribution in [2.45, 2.75) is 382 Å². The molecule has 36 bridgehead atoms. The third kappa shape index (κ3) is 24.3. The monoisotopic (exact) mass is 1870 g/mol. The molecule has 44 aliphatic heterocycles. The summed E-state index contributed by atoms with van der Waals surface area (Å²) in [5.41, 5.74) is 0. The van der Waals surface area contributed by atoms with Crippen LogP contribution in [0.15, 0.2) is 0 Å². The van der Waals surface area contributed by atoms with Crippen LogP contribution in [0.3, 0.4) is 0 Å². The van der Waals surface area contributed by atoms with Gasteiger partial charge in [0.1, 0.15) is 0 Å². The molecule has 12 aliphatic carbocycles. The Morgan fingerprint density at radius 3 is 0.230 bits per heavy atom. The van der Waals surface area contributed by atoms with E-state index in [1.807, 2.05) is 0 Å². The van der Waals surface area contributed by atoms with Gasteiger partial charge in [0.05, 0.1) is 143 Å². The molecule has 0 aromatic rings. The van der Waals surface area contributed by atoms with Gasteiger partial charge in [-0.2, -0.15) is 0 Å². The Labute approximate surface area is 761 Å². The largest absolute Gasteiger partial charge is 0.286 e. The van der Waals surface area contributed by atoms with Crippen molar-refractivity contribution >= 4 is 59.0 Å². The molecule has 56 fully saturated rings. The van der Waals surface area contributed by atoms with E-state index < -0.39 is 59.0 Å². The molecule has 12 saturated carbocycles. The van der Waals surface area contributed by atoms with Crippen molar-refractivity contribution in [3.8, 4) is 0 Å². The Morgan fingerprint density at radius 2 is 0.167 bits per heavy atom. The maximum Gasteiger partial charge on any atom is 0.150 e. The van der Waals surface area contributed by atoms with Crippen molar-refractivity contribution in [3.63, 3.8) is 0 Å². The lowest BCUT2D eigenvalue weighted by atomic mass is 9.77. The summed E-state index contributed by atoms with van der Waals surface area (Å²) in [4.78, 5) is 0. The van der Waals surface area contributed by atoms with E-state index in [0.29, 0.717) is 71.0 Å². The summed E-state index contributed by atoms with van der Waals surface area (Å²) in [6, 6.07) is 0. The molecule has 0 atom stereocenters. The second-order valence-corrected chi connectivity index (χ2v) is 60.5. The van der Waals surface area contributed by atoms with Gasteiger partial charge in [-0.25, -0.2) is 50.5 Å². The van der Waals surface area contributed by atoms with Gasteiger partial charge in [-0.3, -0.25) is 63.8 Å². The normalized spacial score (nSPS) is 49.3. The summed E-state index contributed by atoms with van der Waals surface area (Å²) < 4.78 is 175. The first kappa shape index (κ1) is 94.2. The minimum atomic E-state index is -3.34. The molecular formula is C96H168N12O12S6. The summed E-state index contributed by atoms with van der Waals surface area (Å²) in [5.74, 6) is 8.26. The summed E-state index contributed by atoms with van der Waals surface area (Å²) in [7, 11) is -20.0. The number of sulfone groups is 6. The van der Waals surface area contributed by atoms with Crippen molar-refractivity contribution in [1.29, 1.82) is 0 Å². The van der Waals surface area contributed by atoms with Crippen LogP contribution in [0.5, 0.6) is 0 Å². The van der Waals surface area contributed by atoms with E-state index in [9.17, 15) is 50.5 Å². The van der Waals surface area contributed by atoms with Crippen LogP contribution in [0.25, 0.3) is 0 Å². The molecule has 56 aliphatic rings. The van der Waals surface area contributed by atoms with Crippen molar-refractivity contribution in [3.05, 3.63) is 0 Å². The van der Waals surface area contributed by atoms with E-state index in [0.717, 1.165) is 308 Å². The van der Waals surface area contributed by atoms with Gasteiger partial charge in [0, 0.05) is 0 Å². The quantitative estimate of drug-likeness (QED) is 0.107. The molecule has 0 aromatic heterocycles. The molecule has 0 amide bonds.